The van der Waals surface area contributed by atoms with Crippen molar-refractivity contribution in [3.05, 3.63) is 61.6 Å². The lowest BCUT2D eigenvalue weighted by molar-refractivity contribution is -0.144. The van der Waals surface area contributed by atoms with Gasteiger partial charge in [-0.1, -0.05) is 11.6 Å². The van der Waals surface area contributed by atoms with E-state index in [1.165, 1.54) is 13.0 Å². The van der Waals surface area contributed by atoms with Crippen LogP contribution in [0.5, 0.6) is 0 Å². The molecule has 0 unspecified atom stereocenters. The summed E-state index contributed by atoms with van der Waals surface area (Å²) in [6.07, 6.45) is -4.87. The lowest BCUT2D eigenvalue weighted by Crippen LogP contribution is -2.42. The quantitative estimate of drug-likeness (QED) is 0.792. The summed E-state index contributed by atoms with van der Waals surface area (Å²) < 4.78 is 53.1. The van der Waals surface area contributed by atoms with Gasteiger partial charge in [-0.2, -0.15) is 13.2 Å². The Kier molecular flexibility index (Phi) is 4.15. The normalized spacial score (nSPS) is 11.7. The van der Waals surface area contributed by atoms with E-state index in [1.54, 1.807) is 0 Å². The summed E-state index contributed by atoms with van der Waals surface area (Å²) >= 11 is 5.57. The van der Waals surface area contributed by atoms with E-state index in [0.717, 1.165) is 12.1 Å². The first-order valence-corrected chi connectivity index (χ1v) is 6.44. The second kappa shape index (κ2) is 5.60. The highest BCUT2D eigenvalue weighted by Gasteiger charge is 2.35. The lowest BCUT2D eigenvalue weighted by Gasteiger charge is -2.16. The number of halogens is 5. The minimum atomic E-state index is -4.87. The van der Waals surface area contributed by atoms with E-state index in [4.69, 9.17) is 11.6 Å². The largest absolute Gasteiger partial charge is 0.431 e. The van der Waals surface area contributed by atoms with Crippen molar-refractivity contribution >= 4 is 11.6 Å². The van der Waals surface area contributed by atoms with Crippen LogP contribution in [0.4, 0.5) is 17.6 Å². The van der Waals surface area contributed by atoms with Gasteiger partial charge in [-0.15, -0.1) is 0 Å². The van der Waals surface area contributed by atoms with Crippen LogP contribution in [-0.2, 0) is 12.7 Å². The zero-order valence-electron chi connectivity index (χ0n) is 11.1. The fourth-order valence-electron chi connectivity index (χ4n) is 2.00. The molecule has 0 aliphatic carbocycles. The number of benzene rings is 1. The van der Waals surface area contributed by atoms with Gasteiger partial charge in [0.25, 0.3) is 5.56 Å². The molecule has 0 fully saturated rings. The molecule has 0 spiro atoms. The Morgan fingerprint density at radius 1 is 1.18 bits per heavy atom. The number of nitrogens with zero attached hydrogens (tertiary/aromatic N) is 2. The minimum absolute atomic E-state index is 0.0250. The molecule has 0 aliphatic heterocycles. The van der Waals surface area contributed by atoms with Crippen molar-refractivity contribution in [3.63, 3.8) is 0 Å². The molecule has 2 aromatic rings. The van der Waals surface area contributed by atoms with Gasteiger partial charge >= 0.3 is 11.9 Å². The second-order valence-electron chi connectivity index (χ2n) is 4.32. The number of aromatic nitrogens is 2. The van der Waals surface area contributed by atoms with Gasteiger partial charge in [0.05, 0.1) is 5.69 Å². The van der Waals surface area contributed by atoms with Crippen LogP contribution in [0.1, 0.15) is 12.6 Å². The third kappa shape index (κ3) is 2.78. The third-order valence-corrected chi connectivity index (χ3v) is 3.19. The first kappa shape index (κ1) is 16.3. The van der Waals surface area contributed by atoms with Crippen LogP contribution in [0.3, 0.4) is 0 Å². The monoisotopic (exact) mass is 336 g/mol. The number of rotatable bonds is 2. The zero-order chi connectivity index (χ0) is 16.7. The summed E-state index contributed by atoms with van der Waals surface area (Å²) in [4.78, 5) is 24.0. The van der Waals surface area contributed by atoms with Crippen molar-refractivity contribution < 1.29 is 17.6 Å². The van der Waals surface area contributed by atoms with Gasteiger partial charge in [0.2, 0.25) is 0 Å². The smallest absolute Gasteiger partial charge is 0.289 e. The molecule has 22 heavy (non-hydrogen) atoms. The molecular formula is C13H9ClF4N2O2. The number of alkyl halides is 3. The summed E-state index contributed by atoms with van der Waals surface area (Å²) in [5, 5.41) is 0.0250. The Morgan fingerprint density at radius 2 is 1.82 bits per heavy atom. The molecule has 0 aliphatic rings. The zero-order valence-corrected chi connectivity index (χ0v) is 11.9. The van der Waals surface area contributed by atoms with Gasteiger partial charge in [0.15, 0.2) is 0 Å². The van der Waals surface area contributed by atoms with Crippen LogP contribution in [0.2, 0.25) is 5.02 Å². The van der Waals surface area contributed by atoms with Crippen molar-refractivity contribution in [1.29, 1.82) is 0 Å². The molecule has 1 aromatic heterocycles. The molecule has 0 radical (unpaired) electrons. The van der Waals surface area contributed by atoms with Gasteiger partial charge in [-0.3, -0.25) is 9.36 Å². The van der Waals surface area contributed by atoms with E-state index in [2.05, 4.69) is 0 Å². The maximum atomic E-state index is 13.9. The van der Waals surface area contributed by atoms with E-state index in [-0.39, 0.29) is 17.6 Å². The molecule has 1 heterocycles. The lowest BCUT2D eigenvalue weighted by atomic mass is 10.3. The van der Waals surface area contributed by atoms with Crippen molar-refractivity contribution in [2.24, 2.45) is 0 Å². The molecule has 0 saturated heterocycles. The Hall–Kier alpha value is -2.09. The Bertz CT molecular complexity index is 839. The standard InChI is InChI=1S/C13H9ClF4N2O2/c1-2-19-10(13(16,17)18)6-11(21)20(12(19)22)9-4-3-7(14)5-8(9)15/h3-6H,2H2,1H3. The number of hydrogen-bond donors (Lipinski definition) is 0. The van der Waals surface area contributed by atoms with Crippen molar-refractivity contribution in [2.75, 3.05) is 0 Å². The van der Waals surface area contributed by atoms with Gasteiger partial charge in [0.1, 0.15) is 11.5 Å². The first-order chi connectivity index (χ1) is 10.2. The highest BCUT2D eigenvalue weighted by Crippen LogP contribution is 2.27. The fraction of sp³-hybridized carbons (Fsp3) is 0.231. The van der Waals surface area contributed by atoms with Crippen molar-refractivity contribution in [1.82, 2.24) is 9.13 Å². The van der Waals surface area contributed by atoms with Gasteiger partial charge in [-0.25, -0.2) is 13.8 Å². The van der Waals surface area contributed by atoms with Crippen LogP contribution < -0.4 is 11.2 Å². The van der Waals surface area contributed by atoms with Crippen LogP contribution in [0.15, 0.2) is 33.9 Å². The molecule has 0 saturated carbocycles. The van der Waals surface area contributed by atoms with E-state index < -0.39 is 34.6 Å². The molecule has 4 nitrogen and oxygen atoms in total. The predicted octanol–water partition coefficient (Wildman–Crippen LogP) is 2.83. The van der Waals surface area contributed by atoms with E-state index in [0.29, 0.717) is 9.13 Å². The van der Waals surface area contributed by atoms with E-state index >= 15 is 0 Å². The SMILES string of the molecule is CCn1c(C(F)(F)F)cc(=O)n(-c2ccc(Cl)cc2F)c1=O. The third-order valence-electron chi connectivity index (χ3n) is 2.95. The fourth-order valence-corrected chi connectivity index (χ4v) is 2.16. The van der Waals surface area contributed by atoms with Crippen molar-refractivity contribution in [2.45, 2.75) is 19.6 Å². The molecule has 118 valence electrons. The molecule has 0 amide bonds. The molecule has 0 N–H and O–H groups in total. The number of hydrogen-bond acceptors (Lipinski definition) is 2. The van der Waals surface area contributed by atoms with Crippen LogP contribution in [-0.4, -0.2) is 9.13 Å². The highest BCUT2D eigenvalue weighted by atomic mass is 35.5. The maximum absolute atomic E-state index is 13.9. The van der Waals surface area contributed by atoms with Gasteiger partial charge < -0.3 is 0 Å². The average Bonchev–Trinajstić information content (AvgIpc) is 2.39. The molecular weight excluding hydrogens is 328 g/mol. The van der Waals surface area contributed by atoms with Crippen LogP contribution in [0.25, 0.3) is 5.69 Å². The van der Waals surface area contributed by atoms with Gasteiger partial charge in [0, 0.05) is 17.6 Å². The Labute approximate surface area is 126 Å². The summed E-state index contributed by atoms with van der Waals surface area (Å²) in [5.41, 5.74) is -4.39. The Balaban J connectivity index is 2.85. The predicted molar refractivity (Wildman–Crippen MR) is 71.9 cm³/mol. The van der Waals surface area contributed by atoms with Gasteiger partial charge in [-0.05, 0) is 25.1 Å². The van der Waals surface area contributed by atoms with Crippen LogP contribution >= 0.6 is 11.6 Å². The highest BCUT2D eigenvalue weighted by molar-refractivity contribution is 6.30. The summed E-state index contributed by atoms with van der Waals surface area (Å²) in [6.45, 7) is 0.979. The average molecular weight is 337 g/mol. The first-order valence-electron chi connectivity index (χ1n) is 6.06. The molecule has 2 rings (SSSR count). The van der Waals surface area contributed by atoms with Crippen molar-refractivity contribution in [3.8, 4) is 5.69 Å². The topological polar surface area (TPSA) is 44.0 Å². The molecule has 0 bridgehead atoms. The van der Waals surface area contributed by atoms with E-state index in [1.807, 2.05) is 0 Å². The summed E-state index contributed by atoms with van der Waals surface area (Å²) in [7, 11) is 0. The summed E-state index contributed by atoms with van der Waals surface area (Å²) in [6, 6.07) is 3.39. The van der Waals surface area contributed by atoms with E-state index in [9.17, 15) is 27.2 Å². The molecule has 9 heteroatoms. The summed E-state index contributed by atoms with van der Waals surface area (Å²) in [5.74, 6) is -0.992. The second-order valence-corrected chi connectivity index (χ2v) is 4.76. The Morgan fingerprint density at radius 3 is 2.32 bits per heavy atom. The minimum Gasteiger partial charge on any atom is -0.289 e. The molecule has 0 atom stereocenters. The maximum Gasteiger partial charge on any atom is 0.431 e. The molecule has 1 aromatic carbocycles. The van der Waals surface area contributed by atoms with Crippen LogP contribution in [0, 0.1) is 5.82 Å².